The van der Waals surface area contributed by atoms with Crippen LogP contribution >= 0.6 is 0 Å². The highest BCUT2D eigenvalue weighted by Crippen LogP contribution is 2.29. The number of hydrogen-bond donors (Lipinski definition) is 1. The quantitative estimate of drug-likeness (QED) is 0.826. The number of nitrogens with two attached hydrogens (primary N) is 1. The molecule has 0 saturated heterocycles. The molecule has 1 saturated carbocycles. The van der Waals surface area contributed by atoms with E-state index in [2.05, 4.69) is 25.1 Å². The van der Waals surface area contributed by atoms with E-state index in [0.29, 0.717) is 6.54 Å². The van der Waals surface area contributed by atoms with E-state index in [4.69, 9.17) is 10.5 Å². The van der Waals surface area contributed by atoms with Crippen molar-refractivity contribution in [2.24, 2.45) is 11.7 Å². The second-order valence-electron chi connectivity index (χ2n) is 4.75. The average molecular weight is 219 g/mol. The van der Waals surface area contributed by atoms with Gasteiger partial charge in [-0.05, 0) is 30.9 Å². The highest BCUT2D eigenvalue weighted by Gasteiger charge is 2.17. The van der Waals surface area contributed by atoms with Gasteiger partial charge in [0.15, 0.2) is 0 Å². The van der Waals surface area contributed by atoms with Gasteiger partial charge in [-0.25, -0.2) is 0 Å². The lowest BCUT2D eigenvalue weighted by atomic mass is 9.83. The van der Waals surface area contributed by atoms with Crippen LogP contribution in [0.3, 0.4) is 0 Å². The maximum absolute atomic E-state index is 5.84. The first-order valence-electron chi connectivity index (χ1n) is 6.22. The molecule has 1 aromatic rings. The average Bonchev–Trinajstić information content (AvgIpc) is 2.22. The lowest BCUT2D eigenvalue weighted by Gasteiger charge is -2.25. The van der Waals surface area contributed by atoms with Crippen molar-refractivity contribution in [1.29, 1.82) is 0 Å². The molecule has 1 aliphatic carbocycles. The lowest BCUT2D eigenvalue weighted by molar-refractivity contribution is 0.221. The van der Waals surface area contributed by atoms with E-state index in [-0.39, 0.29) is 0 Å². The van der Waals surface area contributed by atoms with Crippen molar-refractivity contribution in [1.82, 2.24) is 0 Å². The van der Waals surface area contributed by atoms with Gasteiger partial charge in [-0.3, -0.25) is 0 Å². The fourth-order valence-electron chi connectivity index (χ4n) is 2.08. The van der Waals surface area contributed by atoms with Crippen molar-refractivity contribution in [3.63, 3.8) is 0 Å². The van der Waals surface area contributed by atoms with E-state index >= 15 is 0 Å². The number of rotatable bonds is 5. The fraction of sp³-hybridized carbons (Fsp3) is 0.571. The topological polar surface area (TPSA) is 35.2 Å². The van der Waals surface area contributed by atoms with Crippen molar-refractivity contribution in [3.05, 3.63) is 29.3 Å². The van der Waals surface area contributed by atoms with E-state index in [9.17, 15) is 0 Å². The smallest absolute Gasteiger partial charge is 0.124 e. The third-order valence-electron chi connectivity index (χ3n) is 3.45. The first-order valence-corrected chi connectivity index (χ1v) is 6.22. The summed E-state index contributed by atoms with van der Waals surface area (Å²) in [6.07, 6.45) is 5.38. The Hall–Kier alpha value is -1.02. The van der Waals surface area contributed by atoms with Gasteiger partial charge < -0.3 is 10.5 Å². The molecule has 0 heterocycles. The molecule has 2 rings (SSSR count). The number of aryl methyl sites for hydroxylation is 1. The van der Waals surface area contributed by atoms with Crippen molar-refractivity contribution in [2.75, 3.05) is 6.61 Å². The minimum absolute atomic E-state index is 0.555. The van der Waals surface area contributed by atoms with E-state index in [1.165, 1.54) is 31.2 Å². The van der Waals surface area contributed by atoms with Crippen LogP contribution in [0, 0.1) is 12.8 Å². The Bertz CT molecular complexity index is 345. The molecule has 16 heavy (non-hydrogen) atoms. The summed E-state index contributed by atoms with van der Waals surface area (Å²) in [4.78, 5) is 0. The molecule has 2 N–H and O–H groups in total. The van der Waals surface area contributed by atoms with Crippen molar-refractivity contribution < 1.29 is 4.74 Å². The summed E-state index contributed by atoms with van der Waals surface area (Å²) in [5, 5.41) is 0. The predicted molar refractivity (Wildman–Crippen MR) is 66.5 cm³/mol. The molecule has 2 heteroatoms. The van der Waals surface area contributed by atoms with Crippen molar-refractivity contribution in [3.8, 4) is 5.75 Å². The summed E-state index contributed by atoms with van der Waals surface area (Å²) < 4.78 is 5.84. The Morgan fingerprint density at radius 3 is 2.81 bits per heavy atom. The molecule has 2 nitrogen and oxygen atoms in total. The van der Waals surface area contributed by atoms with Crippen LogP contribution < -0.4 is 10.5 Å². The summed E-state index contributed by atoms with van der Waals surface area (Å²) in [7, 11) is 0. The van der Waals surface area contributed by atoms with Gasteiger partial charge in [-0.1, -0.05) is 31.4 Å². The Balaban J connectivity index is 1.88. The maximum Gasteiger partial charge on any atom is 0.124 e. The van der Waals surface area contributed by atoms with Gasteiger partial charge >= 0.3 is 0 Å². The molecule has 0 radical (unpaired) electrons. The molecular formula is C14H21NO. The monoisotopic (exact) mass is 219 g/mol. The van der Waals surface area contributed by atoms with E-state index in [1.807, 2.05) is 0 Å². The highest BCUT2D eigenvalue weighted by atomic mass is 16.5. The minimum Gasteiger partial charge on any atom is -0.493 e. The Morgan fingerprint density at radius 2 is 2.19 bits per heavy atom. The molecule has 0 aromatic heterocycles. The van der Waals surface area contributed by atoms with E-state index < -0.39 is 0 Å². The van der Waals surface area contributed by atoms with Crippen LogP contribution in [-0.4, -0.2) is 6.61 Å². The van der Waals surface area contributed by atoms with Crippen molar-refractivity contribution in [2.45, 2.75) is 39.2 Å². The number of benzene rings is 1. The standard InChI is InChI=1S/C14H21NO/c1-11-5-6-13(10-15)14(9-11)16-8-7-12-3-2-4-12/h5-6,9,12H,2-4,7-8,10,15H2,1H3. The summed E-state index contributed by atoms with van der Waals surface area (Å²) >= 11 is 0. The molecule has 88 valence electrons. The predicted octanol–water partition coefficient (Wildman–Crippen LogP) is 3.02. The van der Waals surface area contributed by atoms with Crippen LogP contribution in [0.4, 0.5) is 0 Å². The molecule has 0 bridgehead atoms. The third-order valence-corrected chi connectivity index (χ3v) is 3.45. The normalized spacial score (nSPS) is 15.9. The van der Waals surface area contributed by atoms with Crippen LogP contribution in [0.5, 0.6) is 5.75 Å². The first-order chi connectivity index (χ1) is 7.79. The van der Waals surface area contributed by atoms with Crippen LogP contribution in [-0.2, 0) is 6.54 Å². The molecule has 0 unspecified atom stereocenters. The van der Waals surface area contributed by atoms with Crippen LogP contribution in [0.15, 0.2) is 18.2 Å². The first kappa shape index (κ1) is 11.5. The second-order valence-corrected chi connectivity index (χ2v) is 4.75. The molecule has 1 aliphatic rings. The summed E-state index contributed by atoms with van der Waals surface area (Å²) in [6, 6.07) is 6.23. The molecular weight excluding hydrogens is 198 g/mol. The maximum atomic E-state index is 5.84. The molecule has 1 fully saturated rings. The Labute approximate surface area is 97.8 Å². The SMILES string of the molecule is Cc1ccc(CN)c(OCCC2CCC2)c1. The lowest BCUT2D eigenvalue weighted by Crippen LogP contribution is -2.15. The summed E-state index contributed by atoms with van der Waals surface area (Å²) in [5.41, 5.74) is 8.03. The summed E-state index contributed by atoms with van der Waals surface area (Å²) in [5.74, 6) is 1.88. The molecule has 0 spiro atoms. The zero-order valence-corrected chi connectivity index (χ0v) is 10.0. The zero-order chi connectivity index (χ0) is 11.4. The molecule has 1 aromatic carbocycles. The number of hydrogen-bond acceptors (Lipinski definition) is 2. The van der Waals surface area contributed by atoms with Crippen LogP contribution in [0.2, 0.25) is 0 Å². The molecule has 0 aliphatic heterocycles. The highest BCUT2D eigenvalue weighted by molar-refractivity contribution is 5.36. The van der Waals surface area contributed by atoms with E-state index in [0.717, 1.165) is 23.8 Å². The number of ether oxygens (including phenoxy) is 1. The van der Waals surface area contributed by atoms with Gasteiger partial charge in [0.1, 0.15) is 5.75 Å². The third kappa shape index (κ3) is 2.76. The van der Waals surface area contributed by atoms with Crippen LogP contribution in [0.25, 0.3) is 0 Å². The van der Waals surface area contributed by atoms with Gasteiger partial charge in [0.05, 0.1) is 6.61 Å². The second kappa shape index (κ2) is 5.35. The van der Waals surface area contributed by atoms with Gasteiger partial charge in [0.25, 0.3) is 0 Å². The van der Waals surface area contributed by atoms with Gasteiger partial charge in [-0.15, -0.1) is 0 Å². The van der Waals surface area contributed by atoms with Gasteiger partial charge in [0.2, 0.25) is 0 Å². The minimum atomic E-state index is 0.555. The van der Waals surface area contributed by atoms with Gasteiger partial charge in [0, 0.05) is 12.1 Å². The van der Waals surface area contributed by atoms with Crippen molar-refractivity contribution >= 4 is 0 Å². The Morgan fingerprint density at radius 1 is 1.38 bits per heavy atom. The van der Waals surface area contributed by atoms with Crippen LogP contribution in [0.1, 0.15) is 36.8 Å². The summed E-state index contributed by atoms with van der Waals surface area (Å²) in [6.45, 7) is 3.47. The molecule has 0 amide bonds. The van der Waals surface area contributed by atoms with Gasteiger partial charge in [-0.2, -0.15) is 0 Å². The largest absolute Gasteiger partial charge is 0.493 e. The zero-order valence-electron chi connectivity index (χ0n) is 10.0. The van der Waals surface area contributed by atoms with E-state index in [1.54, 1.807) is 0 Å². The Kier molecular flexibility index (Phi) is 3.83. The fourth-order valence-corrected chi connectivity index (χ4v) is 2.08. The molecule has 0 atom stereocenters.